The number of anilines is 1. The molecule has 1 aliphatic heterocycles. The van der Waals surface area contributed by atoms with Crippen molar-refractivity contribution in [1.82, 2.24) is 4.90 Å². The number of ether oxygens (including phenoxy) is 2. The molecule has 0 spiro atoms. The minimum Gasteiger partial charge on any atom is -0.462 e. The molecule has 32 heavy (non-hydrogen) atoms. The van der Waals surface area contributed by atoms with Gasteiger partial charge >= 0.3 is 12.1 Å². The summed E-state index contributed by atoms with van der Waals surface area (Å²) in [5.41, 5.74) is 1.61. The van der Waals surface area contributed by atoms with E-state index in [1.165, 1.54) is 35.6 Å². The summed E-state index contributed by atoms with van der Waals surface area (Å²) >= 11 is 1.23. The molecule has 1 aliphatic rings. The predicted molar refractivity (Wildman–Crippen MR) is 117 cm³/mol. The lowest BCUT2D eigenvalue weighted by Gasteiger charge is -2.26. The van der Waals surface area contributed by atoms with Crippen LogP contribution in [-0.4, -0.2) is 47.6 Å². The van der Waals surface area contributed by atoms with E-state index in [2.05, 4.69) is 5.32 Å². The van der Waals surface area contributed by atoms with E-state index in [0.29, 0.717) is 29.1 Å². The van der Waals surface area contributed by atoms with Crippen LogP contribution in [0.1, 0.15) is 40.2 Å². The molecule has 0 saturated carbocycles. The normalized spacial score (nSPS) is 12.6. The molecule has 0 unspecified atom stereocenters. The maximum Gasteiger partial charge on any atom is 0.410 e. The van der Waals surface area contributed by atoms with Crippen LogP contribution in [0.25, 0.3) is 0 Å². The molecule has 11 heteroatoms. The maximum absolute atomic E-state index is 12.6. The van der Waals surface area contributed by atoms with Crippen LogP contribution < -0.4 is 5.32 Å². The van der Waals surface area contributed by atoms with Crippen LogP contribution in [0, 0.1) is 10.1 Å². The number of nitro benzene ring substituents is 1. The van der Waals surface area contributed by atoms with Crippen LogP contribution in [0.4, 0.5) is 15.5 Å². The number of fused-ring (bicyclic) bond motifs is 1. The molecule has 1 aromatic heterocycles. The van der Waals surface area contributed by atoms with Crippen molar-refractivity contribution in [2.24, 2.45) is 0 Å². The van der Waals surface area contributed by atoms with Gasteiger partial charge in [0.2, 0.25) is 5.91 Å². The molecule has 0 atom stereocenters. The maximum atomic E-state index is 12.6. The molecule has 3 rings (SSSR count). The standard InChI is InChI=1S/C21H23N3O7S/c1-3-30-20(26)18-15-9-10-23(21(27)31-4-2)12-16(15)32-19(18)22-17(25)11-13-5-7-14(8-6-13)24(28)29/h5-8H,3-4,9-12H2,1-2H3,(H,22,25). The number of hydrogen-bond donors (Lipinski definition) is 1. The molecule has 0 saturated heterocycles. The van der Waals surface area contributed by atoms with Gasteiger partial charge in [-0.15, -0.1) is 11.3 Å². The number of carbonyl (C=O) groups is 3. The summed E-state index contributed by atoms with van der Waals surface area (Å²) in [6.07, 6.45) is 0.00224. The lowest BCUT2D eigenvalue weighted by atomic mass is 10.0. The van der Waals surface area contributed by atoms with E-state index in [9.17, 15) is 24.5 Å². The van der Waals surface area contributed by atoms with E-state index in [1.54, 1.807) is 18.7 Å². The Hall–Kier alpha value is -3.47. The third kappa shape index (κ3) is 5.22. The Morgan fingerprint density at radius 1 is 1.16 bits per heavy atom. The highest BCUT2D eigenvalue weighted by Gasteiger charge is 2.31. The number of thiophene rings is 1. The summed E-state index contributed by atoms with van der Waals surface area (Å²) in [7, 11) is 0. The van der Waals surface area contributed by atoms with Gasteiger partial charge in [-0.05, 0) is 31.4 Å². The first kappa shape index (κ1) is 23.2. The largest absolute Gasteiger partial charge is 0.462 e. The van der Waals surface area contributed by atoms with E-state index >= 15 is 0 Å². The molecule has 170 valence electrons. The fraction of sp³-hybridized carbons (Fsp3) is 0.381. The fourth-order valence-corrected chi connectivity index (χ4v) is 4.64. The van der Waals surface area contributed by atoms with Crippen LogP contribution in [0.5, 0.6) is 0 Å². The van der Waals surface area contributed by atoms with E-state index < -0.39 is 17.0 Å². The van der Waals surface area contributed by atoms with Gasteiger partial charge in [0.05, 0.1) is 36.7 Å². The third-order valence-corrected chi connectivity index (χ3v) is 5.96. The van der Waals surface area contributed by atoms with Gasteiger partial charge < -0.3 is 19.7 Å². The van der Waals surface area contributed by atoms with Gasteiger partial charge in [0.25, 0.3) is 5.69 Å². The summed E-state index contributed by atoms with van der Waals surface area (Å²) < 4.78 is 10.3. The van der Waals surface area contributed by atoms with Crippen molar-refractivity contribution in [2.45, 2.75) is 33.2 Å². The number of nitrogens with one attached hydrogen (secondary N) is 1. The molecule has 0 fully saturated rings. The molecule has 2 heterocycles. The number of amides is 2. The molecule has 1 N–H and O–H groups in total. The second-order valence-electron chi connectivity index (χ2n) is 6.95. The van der Waals surface area contributed by atoms with E-state index in [0.717, 1.165) is 10.4 Å². The number of non-ortho nitro benzene ring substituents is 1. The lowest BCUT2D eigenvalue weighted by Crippen LogP contribution is -2.36. The zero-order valence-electron chi connectivity index (χ0n) is 17.7. The van der Waals surface area contributed by atoms with Crippen LogP contribution in [-0.2, 0) is 33.7 Å². The second-order valence-corrected chi connectivity index (χ2v) is 8.05. The quantitative estimate of drug-likeness (QED) is 0.379. The topological polar surface area (TPSA) is 128 Å². The Balaban J connectivity index is 1.80. The highest BCUT2D eigenvalue weighted by atomic mass is 32.1. The van der Waals surface area contributed by atoms with Crippen molar-refractivity contribution in [1.29, 1.82) is 0 Å². The second kappa shape index (κ2) is 10.2. The summed E-state index contributed by atoms with van der Waals surface area (Å²) in [6.45, 7) is 4.57. The number of rotatable bonds is 7. The molecule has 10 nitrogen and oxygen atoms in total. The van der Waals surface area contributed by atoms with E-state index in [4.69, 9.17) is 9.47 Å². The van der Waals surface area contributed by atoms with Gasteiger partial charge in [-0.2, -0.15) is 0 Å². The molecular weight excluding hydrogens is 438 g/mol. The van der Waals surface area contributed by atoms with E-state index in [1.807, 2.05) is 0 Å². The van der Waals surface area contributed by atoms with Gasteiger partial charge in [0.15, 0.2) is 0 Å². The van der Waals surface area contributed by atoms with Crippen LogP contribution in [0.3, 0.4) is 0 Å². The van der Waals surface area contributed by atoms with Gasteiger partial charge in [0, 0.05) is 23.6 Å². The third-order valence-electron chi connectivity index (χ3n) is 4.83. The summed E-state index contributed by atoms with van der Waals surface area (Å²) in [5, 5.41) is 13.9. The molecule has 2 aromatic rings. The molecule has 0 bridgehead atoms. The number of benzene rings is 1. The first-order chi connectivity index (χ1) is 15.3. The zero-order chi connectivity index (χ0) is 23.3. The zero-order valence-corrected chi connectivity index (χ0v) is 18.5. The monoisotopic (exact) mass is 461 g/mol. The highest BCUT2D eigenvalue weighted by molar-refractivity contribution is 7.17. The minimum atomic E-state index is -0.528. The molecule has 0 aliphatic carbocycles. The smallest absolute Gasteiger partial charge is 0.410 e. The molecule has 1 aromatic carbocycles. The number of hydrogen-bond acceptors (Lipinski definition) is 8. The predicted octanol–water partition coefficient (Wildman–Crippen LogP) is 3.53. The van der Waals surface area contributed by atoms with Crippen LogP contribution in [0.2, 0.25) is 0 Å². The van der Waals surface area contributed by atoms with Gasteiger partial charge in [-0.25, -0.2) is 9.59 Å². The van der Waals surface area contributed by atoms with Gasteiger partial charge in [-0.1, -0.05) is 12.1 Å². The Labute approximate surface area is 188 Å². The van der Waals surface area contributed by atoms with Crippen molar-refractivity contribution in [3.63, 3.8) is 0 Å². The first-order valence-electron chi connectivity index (χ1n) is 10.1. The molecule has 0 radical (unpaired) electrons. The average molecular weight is 461 g/mol. The fourth-order valence-electron chi connectivity index (χ4n) is 3.37. The summed E-state index contributed by atoms with van der Waals surface area (Å²) in [4.78, 5) is 50.0. The Kier molecular flexibility index (Phi) is 7.41. The average Bonchev–Trinajstić information content (AvgIpc) is 3.11. The van der Waals surface area contributed by atoms with Crippen LogP contribution in [0.15, 0.2) is 24.3 Å². The Bertz CT molecular complexity index is 1030. The van der Waals surface area contributed by atoms with Gasteiger partial charge in [-0.3, -0.25) is 14.9 Å². The van der Waals surface area contributed by atoms with Crippen molar-refractivity contribution >= 4 is 40.0 Å². The first-order valence-corrected chi connectivity index (χ1v) is 10.9. The number of carbonyl (C=O) groups excluding carboxylic acids is 3. The summed E-state index contributed by atoms with van der Waals surface area (Å²) in [5.74, 6) is -0.898. The Morgan fingerprint density at radius 3 is 2.47 bits per heavy atom. The molecule has 2 amide bonds. The van der Waals surface area contributed by atoms with E-state index in [-0.39, 0.29) is 37.8 Å². The lowest BCUT2D eigenvalue weighted by molar-refractivity contribution is -0.384. The number of nitrogens with zero attached hydrogens (tertiary/aromatic N) is 2. The Morgan fingerprint density at radius 2 is 1.84 bits per heavy atom. The highest BCUT2D eigenvalue weighted by Crippen LogP contribution is 2.38. The van der Waals surface area contributed by atoms with Crippen molar-refractivity contribution in [3.05, 3.63) is 55.9 Å². The number of esters is 1. The van der Waals surface area contributed by atoms with Crippen LogP contribution >= 0.6 is 11.3 Å². The minimum absolute atomic E-state index is 0.0161. The summed E-state index contributed by atoms with van der Waals surface area (Å²) in [6, 6.07) is 5.70. The van der Waals surface area contributed by atoms with Crippen molar-refractivity contribution < 1.29 is 28.8 Å². The SMILES string of the molecule is CCOC(=O)c1c(NC(=O)Cc2ccc([N+](=O)[O-])cc2)sc2c1CCN(C(=O)OCC)C2. The number of nitro groups is 1. The van der Waals surface area contributed by atoms with Crippen molar-refractivity contribution in [2.75, 3.05) is 25.1 Å². The van der Waals surface area contributed by atoms with Gasteiger partial charge in [0.1, 0.15) is 5.00 Å². The van der Waals surface area contributed by atoms with Crippen molar-refractivity contribution in [3.8, 4) is 0 Å². The molecular formula is C21H23N3O7S.